The molecule has 0 bridgehead atoms. The van der Waals surface area contributed by atoms with Crippen LogP contribution >= 0.6 is 0 Å². The Bertz CT molecular complexity index is 486. The van der Waals surface area contributed by atoms with Crippen molar-refractivity contribution in [1.29, 1.82) is 0 Å². The van der Waals surface area contributed by atoms with Crippen LogP contribution in [-0.2, 0) is 11.3 Å². The van der Waals surface area contributed by atoms with E-state index in [1.54, 1.807) is 4.90 Å². The number of likely N-dealkylation sites (N-methyl/N-ethyl adjacent to an activating group) is 1. The van der Waals surface area contributed by atoms with Crippen molar-refractivity contribution in [3.05, 3.63) is 11.9 Å². The third-order valence-electron chi connectivity index (χ3n) is 3.37. The second kappa shape index (κ2) is 5.35. The Morgan fingerprint density at radius 3 is 2.79 bits per heavy atom. The van der Waals surface area contributed by atoms with E-state index in [1.807, 2.05) is 7.05 Å². The Morgan fingerprint density at radius 1 is 1.47 bits per heavy atom. The molecule has 2 heterocycles. The summed E-state index contributed by atoms with van der Waals surface area (Å²) in [5.41, 5.74) is -0.153. The van der Waals surface area contributed by atoms with E-state index in [1.165, 1.54) is 10.9 Å². The van der Waals surface area contributed by atoms with Gasteiger partial charge in [0.25, 0.3) is 0 Å². The van der Waals surface area contributed by atoms with Crippen molar-refractivity contribution in [2.45, 2.75) is 19.5 Å². The van der Waals surface area contributed by atoms with Gasteiger partial charge < -0.3 is 14.9 Å². The van der Waals surface area contributed by atoms with E-state index in [2.05, 4.69) is 22.1 Å². The van der Waals surface area contributed by atoms with Gasteiger partial charge in [-0.3, -0.25) is 4.79 Å². The molecule has 1 atom stereocenters. The summed E-state index contributed by atoms with van der Waals surface area (Å²) in [6, 6.07) is 0.322. The molecule has 19 heavy (non-hydrogen) atoms. The quantitative estimate of drug-likeness (QED) is 0.766. The molecule has 0 aliphatic carbocycles. The average Bonchev–Trinajstić information content (AvgIpc) is 2.81. The number of hydrogen-bond acceptors (Lipinski definition) is 5. The van der Waals surface area contributed by atoms with Gasteiger partial charge in [0.15, 0.2) is 5.69 Å². The van der Waals surface area contributed by atoms with Crippen molar-refractivity contribution >= 4 is 11.9 Å². The predicted octanol–water partition coefficient (Wildman–Crippen LogP) is -0.861. The number of piperazine rings is 1. The average molecular weight is 267 g/mol. The molecule has 0 aromatic carbocycles. The highest BCUT2D eigenvalue weighted by atomic mass is 16.4. The minimum absolute atomic E-state index is 0.0245. The third-order valence-corrected chi connectivity index (χ3v) is 3.37. The molecule has 2 rings (SSSR count). The Balaban J connectivity index is 1.95. The second-order valence-corrected chi connectivity index (χ2v) is 4.78. The van der Waals surface area contributed by atoms with Crippen LogP contribution in [0, 0.1) is 0 Å². The van der Waals surface area contributed by atoms with Gasteiger partial charge in [0.05, 0.1) is 6.20 Å². The minimum Gasteiger partial charge on any atom is -0.476 e. The summed E-state index contributed by atoms with van der Waals surface area (Å²) in [6.45, 7) is 4.29. The lowest BCUT2D eigenvalue weighted by atomic mass is 10.2. The van der Waals surface area contributed by atoms with Gasteiger partial charge >= 0.3 is 5.97 Å². The molecule has 0 radical (unpaired) electrons. The molecule has 1 fully saturated rings. The van der Waals surface area contributed by atoms with Crippen molar-refractivity contribution < 1.29 is 14.7 Å². The highest BCUT2D eigenvalue weighted by molar-refractivity contribution is 5.84. The first kappa shape index (κ1) is 13.5. The molecule has 0 saturated carbocycles. The number of carboxylic acid groups (broad SMARTS) is 1. The monoisotopic (exact) mass is 267 g/mol. The number of carbonyl (C=O) groups is 2. The number of rotatable bonds is 3. The van der Waals surface area contributed by atoms with Crippen LogP contribution < -0.4 is 0 Å². The number of carboxylic acids is 1. The second-order valence-electron chi connectivity index (χ2n) is 4.78. The highest BCUT2D eigenvalue weighted by Crippen LogP contribution is 2.07. The van der Waals surface area contributed by atoms with Crippen LogP contribution in [0.15, 0.2) is 6.20 Å². The number of nitrogens with zero attached hydrogens (tertiary/aromatic N) is 5. The zero-order chi connectivity index (χ0) is 14.0. The van der Waals surface area contributed by atoms with Crippen molar-refractivity contribution in [3.8, 4) is 0 Å². The SMILES string of the molecule is CC1CN(C(=O)Cn2cc(C(=O)O)nn2)CCN1C. The fraction of sp³-hybridized carbons (Fsp3) is 0.636. The summed E-state index contributed by atoms with van der Waals surface area (Å²) in [7, 11) is 2.03. The fourth-order valence-corrected chi connectivity index (χ4v) is 1.99. The normalized spacial score (nSPS) is 20.5. The molecule has 1 N–H and O–H groups in total. The molecular weight excluding hydrogens is 250 g/mol. The van der Waals surface area contributed by atoms with Crippen molar-refractivity contribution in [2.24, 2.45) is 0 Å². The molecule has 104 valence electrons. The van der Waals surface area contributed by atoms with Crippen LogP contribution in [-0.4, -0.2) is 74.5 Å². The van der Waals surface area contributed by atoms with Crippen molar-refractivity contribution in [1.82, 2.24) is 24.8 Å². The van der Waals surface area contributed by atoms with E-state index in [0.717, 1.165) is 6.54 Å². The molecule has 1 aliphatic rings. The van der Waals surface area contributed by atoms with E-state index in [-0.39, 0.29) is 18.1 Å². The highest BCUT2D eigenvalue weighted by Gasteiger charge is 2.24. The molecular formula is C11H17N5O3. The van der Waals surface area contributed by atoms with Crippen LogP contribution in [0.1, 0.15) is 17.4 Å². The standard InChI is InChI=1S/C11H17N5O3/c1-8-5-15(4-3-14(8)2)10(17)7-16-6-9(11(18)19)12-13-16/h6,8H,3-5,7H2,1-2H3,(H,18,19). The van der Waals surface area contributed by atoms with Gasteiger partial charge in [0, 0.05) is 25.7 Å². The first-order chi connectivity index (χ1) is 8.97. The topological polar surface area (TPSA) is 91.6 Å². The van der Waals surface area contributed by atoms with Crippen LogP contribution in [0.5, 0.6) is 0 Å². The number of aromatic carboxylic acids is 1. The zero-order valence-electron chi connectivity index (χ0n) is 11.0. The Hall–Kier alpha value is -1.96. The molecule has 1 aromatic heterocycles. The number of aromatic nitrogens is 3. The summed E-state index contributed by atoms with van der Waals surface area (Å²) in [6.07, 6.45) is 1.26. The van der Waals surface area contributed by atoms with Crippen molar-refractivity contribution in [2.75, 3.05) is 26.7 Å². The summed E-state index contributed by atoms with van der Waals surface area (Å²) in [4.78, 5) is 26.7. The van der Waals surface area contributed by atoms with E-state index in [4.69, 9.17) is 5.11 Å². The Kier molecular flexibility index (Phi) is 3.79. The molecule has 1 aromatic rings. The molecule has 8 heteroatoms. The molecule has 1 amide bonds. The Labute approximate surface area is 110 Å². The largest absolute Gasteiger partial charge is 0.476 e. The van der Waals surface area contributed by atoms with Gasteiger partial charge in [-0.25, -0.2) is 9.48 Å². The smallest absolute Gasteiger partial charge is 0.358 e. The predicted molar refractivity (Wildman–Crippen MR) is 65.7 cm³/mol. The van der Waals surface area contributed by atoms with Crippen LogP contribution in [0.25, 0.3) is 0 Å². The lowest BCUT2D eigenvalue weighted by molar-refractivity contribution is -0.134. The van der Waals surface area contributed by atoms with Gasteiger partial charge in [0.2, 0.25) is 5.91 Å². The molecule has 8 nitrogen and oxygen atoms in total. The molecule has 0 spiro atoms. The fourth-order valence-electron chi connectivity index (χ4n) is 1.99. The van der Waals surface area contributed by atoms with E-state index in [9.17, 15) is 9.59 Å². The van der Waals surface area contributed by atoms with E-state index < -0.39 is 5.97 Å². The molecule has 1 saturated heterocycles. The Morgan fingerprint density at radius 2 is 2.21 bits per heavy atom. The third kappa shape index (κ3) is 3.08. The maximum atomic E-state index is 12.1. The summed E-state index contributed by atoms with van der Waals surface area (Å²) in [5.74, 6) is -1.21. The number of carbonyl (C=O) groups excluding carboxylic acids is 1. The zero-order valence-corrected chi connectivity index (χ0v) is 11.0. The van der Waals surface area contributed by atoms with Crippen LogP contribution in [0.2, 0.25) is 0 Å². The summed E-state index contributed by atoms with van der Waals surface area (Å²) in [5, 5.41) is 15.8. The van der Waals surface area contributed by atoms with Gasteiger partial charge in [-0.2, -0.15) is 0 Å². The van der Waals surface area contributed by atoms with Crippen LogP contribution in [0.3, 0.4) is 0 Å². The van der Waals surface area contributed by atoms with Gasteiger partial charge in [-0.05, 0) is 14.0 Å². The molecule has 1 aliphatic heterocycles. The van der Waals surface area contributed by atoms with E-state index >= 15 is 0 Å². The number of hydrogen-bond donors (Lipinski definition) is 1. The van der Waals surface area contributed by atoms with Gasteiger partial charge in [-0.15, -0.1) is 5.10 Å². The minimum atomic E-state index is -1.15. The summed E-state index contributed by atoms with van der Waals surface area (Å²) >= 11 is 0. The lowest BCUT2D eigenvalue weighted by Gasteiger charge is -2.37. The van der Waals surface area contributed by atoms with Crippen LogP contribution in [0.4, 0.5) is 0 Å². The first-order valence-electron chi connectivity index (χ1n) is 6.09. The molecule has 1 unspecified atom stereocenters. The van der Waals surface area contributed by atoms with Gasteiger partial charge in [0.1, 0.15) is 6.54 Å². The van der Waals surface area contributed by atoms with E-state index in [0.29, 0.717) is 19.1 Å². The van der Waals surface area contributed by atoms with Crippen molar-refractivity contribution in [3.63, 3.8) is 0 Å². The lowest BCUT2D eigenvalue weighted by Crippen LogP contribution is -2.52. The maximum Gasteiger partial charge on any atom is 0.358 e. The maximum absolute atomic E-state index is 12.1. The summed E-state index contributed by atoms with van der Waals surface area (Å²) < 4.78 is 1.26. The number of amides is 1. The first-order valence-corrected chi connectivity index (χ1v) is 6.09. The van der Waals surface area contributed by atoms with Gasteiger partial charge in [-0.1, -0.05) is 5.21 Å².